The zero-order valence-electron chi connectivity index (χ0n) is 12.3. The molecule has 1 aromatic heterocycles. The Bertz CT molecular complexity index is 349. The van der Waals surface area contributed by atoms with Crippen LogP contribution in [0.3, 0.4) is 0 Å². The molecule has 2 unspecified atom stereocenters. The fraction of sp³-hybridized carbons (Fsp3) is 0.714. The number of aryl methyl sites for hydroxylation is 1. The molecule has 4 heteroatoms. The maximum absolute atomic E-state index is 6.03. The van der Waals surface area contributed by atoms with E-state index in [0.29, 0.717) is 18.6 Å². The van der Waals surface area contributed by atoms with Gasteiger partial charge in [-0.05, 0) is 51.5 Å². The standard InChI is InChI=1S/C14H27N3S/c1-6-17(12(3)10-16(4)5)13(9-15)14-11(2)7-8-18-14/h7-8,12-13H,6,9-10,15H2,1-5H3. The van der Waals surface area contributed by atoms with Gasteiger partial charge in [0.1, 0.15) is 0 Å². The highest BCUT2D eigenvalue weighted by atomic mass is 32.1. The van der Waals surface area contributed by atoms with Gasteiger partial charge in [-0.25, -0.2) is 0 Å². The monoisotopic (exact) mass is 269 g/mol. The zero-order chi connectivity index (χ0) is 13.7. The highest BCUT2D eigenvalue weighted by molar-refractivity contribution is 7.10. The van der Waals surface area contributed by atoms with Gasteiger partial charge in [-0.1, -0.05) is 6.92 Å². The van der Waals surface area contributed by atoms with E-state index in [2.05, 4.69) is 56.1 Å². The number of thiophene rings is 1. The Morgan fingerprint density at radius 1 is 1.39 bits per heavy atom. The van der Waals surface area contributed by atoms with E-state index in [1.807, 2.05) is 11.3 Å². The van der Waals surface area contributed by atoms with Crippen molar-refractivity contribution in [1.82, 2.24) is 9.80 Å². The number of rotatable bonds is 7. The van der Waals surface area contributed by atoms with Gasteiger partial charge in [0.15, 0.2) is 0 Å². The van der Waals surface area contributed by atoms with Gasteiger partial charge in [0.05, 0.1) is 6.04 Å². The summed E-state index contributed by atoms with van der Waals surface area (Å²) in [6.07, 6.45) is 0. The summed E-state index contributed by atoms with van der Waals surface area (Å²) in [6, 6.07) is 3.05. The summed E-state index contributed by atoms with van der Waals surface area (Å²) >= 11 is 1.83. The fourth-order valence-electron chi connectivity index (χ4n) is 2.59. The van der Waals surface area contributed by atoms with Crippen molar-refractivity contribution in [3.05, 3.63) is 21.9 Å². The van der Waals surface area contributed by atoms with Crippen LogP contribution in [0, 0.1) is 6.92 Å². The first kappa shape index (κ1) is 15.6. The van der Waals surface area contributed by atoms with Gasteiger partial charge in [-0.15, -0.1) is 11.3 Å². The molecule has 1 rings (SSSR count). The molecule has 0 aliphatic heterocycles. The van der Waals surface area contributed by atoms with E-state index in [0.717, 1.165) is 13.1 Å². The van der Waals surface area contributed by atoms with Gasteiger partial charge in [0.2, 0.25) is 0 Å². The summed E-state index contributed by atoms with van der Waals surface area (Å²) in [6.45, 7) is 9.47. The van der Waals surface area contributed by atoms with Crippen molar-refractivity contribution >= 4 is 11.3 Å². The zero-order valence-corrected chi connectivity index (χ0v) is 13.1. The van der Waals surface area contributed by atoms with Gasteiger partial charge < -0.3 is 10.6 Å². The molecule has 104 valence electrons. The number of hydrogen-bond acceptors (Lipinski definition) is 4. The number of hydrogen-bond donors (Lipinski definition) is 1. The van der Waals surface area contributed by atoms with E-state index in [1.54, 1.807) is 0 Å². The van der Waals surface area contributed by atoms with Crippen LogP contribution in [-0.4, -0.2) is 49.6 Å². The summed E-state index contributed by atoms with van der Waals surface area (Å²) in [4.78, 5) is 6.17. The van der Waals surface area contributed by atoms with E-state index in [9.17, 15) is 0 Å². The van der Waals surface area contributed by atoms with Crippen LogP contribution in [0.25, 0.3) is 0 Å². The van der Waals surface area contributed by atoms with Crippen molar-refractivity contribution in [2.24, 2.45) is 5.73 Å². The molecule has 3 nitrogen and oxygen atoms in total. The number of nitrogens with two attached hydrogens (primary N) is 1. The van der Waals surface area contributed by atoms with Crippen molar-refractivity contribution < 1.29 is 0 Å². The summed E-state index contributed by atoms with van der Waals surface area (Å²) in [5.74, 6) is 0. The van der Waals surface area contributed by atoms with Crippen LogP contribution in [0.2, 0.25) is 0 Å². The molecule has 0 amide bonds. The molecule has 0 radical (unpaired) electrons. The molecule has 1 aromatic rings. The normalized spacial score (nSPS) is 15.3. The maximum Gasteiger partial charge on any atom is 0.0569 e. The molecule has 0 saturated carbocycles. The molecule has 18 heavy (non-hydrogen) atoms. The topological polar surface area (TPSA) is 32.5 Å². The minimum atomic E-state index is 0.352. The first-order valence-corrected chi connectivity index (χ1v) is 7.53. The van der Waals surface area contributed by atoms with Crippen molar-refractivity contribution in [3.8, 4) is 0 Å². The quantitative estimate of drug-likeness (QED) is 0.824. The molecule has 0 bridgehead atoms. The summed E-state index contributed by atoms with van der Waals surface area (Å²) < 4.78 is 0. The Balaban J connectivity index is 2.87. The van der Waals surface area contributed by atoms with E-state index in [1.165, 1.54) is 10.4 Å². The third kappa shape index (κ3) is 3.79. The average molecular weight is 269 g/mol. The predicted molar refractivity (Wildman–Crippen MR) is 81.2 cm³/mol. The van der Waals surface area contributed by atoms with Gasteiger partial charge in [-0.3, -0.25) is 4.90 Å². The van der Waals surface area contributed by atoms with Crippen molar-refractivity contribution in [2.45, 2.75) is 32.9 Å². The fourth-order valence-corrected chi connectivity index (χ4v) is 3.65. The van der Waals surface area contributed by atoms with Crippen molar-refractivity contribution in [3.63, 3.8) is 0 Å². The smallest absolute Gasteiger partial charge is 0.0569 e. The Morgan fingerprint density at radius 3 is 2.44 bits per heavy atom. The molecule has 0 aliphatic rings. The SMILES string of the molecule is CCN(C(C)CN(C)C)C(CN)c1sccc1C. The van der Waals surface area contributed by atoms with Crippen molar-refractivity contribution in [1.29, 1.82) is 0 Å². The predicted octanol–water partition coefficient (Wildman–Crippen LogP) is 2.33. The molecular weight excluding hydrogens is 242 g/mol. The van der Waals surface area contributed by atoms with Gasteiger partial charge in [-0.2, -0.15) is 0 Å². The van der Waals surface area contributed by atoms with Crippen molar-refractivity contribution in [2.75, 3.05) is 33.7 Å². The van der Waals surface area contributed by atoms with E-state index >= 15 is 0 Å². The van der Waals surface area contributed by atoms with Gasteiger partial charge in [0, 0.05) is 24.0 Å². The lowest BCUT2D eigenvalue weighted by Crippen LogP contribution is -2.44. The van der Waals surface area contributed by atoms with E-state index in [4.69, 9.17) is 5.73 Å². The van der Waals surface area contributed by atoms with Gasteiger partial charge >= 0.3 is 0 Å². The Hall–Kier alpha value is -0.420. The number of likely N-dealkylation sites (N-methyl/N-ethyl adjacent to an activating group) is 2. The molecular formula is C14H27N3S. The lowest BCUT2D eigenvalue weighted by Gasteiger charge is -2.36. The highest BCUT2D eigenvalue weighted by Gasteiger charge is 2.24. The minimum Gasteiger partial charge on any atom is -0.329 e. The highest BCUT2D eigenvalue weighted by Crippen LogP contribution is 2.29. The Morgan fingerprint density at radius 2 is 2.06 bits per heavy atom. The maximum atomic E-state index is 6.03. The summed E-state index contributed by atoms with van der Waals surface area (Å²) in [5, 5.41) is 2.16. The largest absolute Gasteiger partial charge is 0.329 e. The first-order chi connectivity index (χ1) is 8.51. The van der Waals surface area contributed by atoms with Crippen LogP contribution in [0.1, 0.15) is 30.3 Å². The third-order valence-electron chi connectivity index (χ3n) is 3.39. The molecule has 0 aromatic carbocycles. The second-order valence-corrected chi connectivity index (χ2v) is 6.11. The molecule has 0 spiro atoms. The summed E-state index contributed by atoms with van der Waals surface area (Å²) in [7, 11) is 4.25. The molecule has 2 atom stereocenters. The molecule has 1 heterocycles. The Kier molecular flexibility index (Phi) is 6.29. The lowest BCUT2D eigenvalue weighted by atomic mass is 10.1. The van der Waals surface area contributed by atoms with Crippen LogP contribution in [0.5, 0.6) is 0 Å². The van der Waals surface area contributed by atoms with Crippen LogP contribution >= 0.6 is 11.3 Å². The molecule has 0 saturated heterocycles. The van der Waals surface area contributed by atoms with Crippen LogP contribution < -0.4 is 5.73 Å². The average Bonchev–Trinajstić information content (AvgIpc) is 2.70. The summed E-state index contributed by atoms with van der Waals surface area (Å²) in [5.41, 5.74) is 7.40. The first-order valence-electron chi connectivity index (χ1n) is 6.65. The van der Waals surface area contributed by atoms with Gasteiger partial charge in [0.25, 0.3) is 0 Å². The van der Waals surface area contributed by atoms with E-state index < -0.39 is 0 Å². The minimum absolute atomic E-state index is 0.352. The molecule has 0 aliphatic carbocycles. The lowest BCUT2D eigenvalue weighted by molar-refractivity contribution is 0.132. The third-order valence-corrected chi connectivity index (χ3v) is 4.51. The second kappa shape index (κ2) is 7.24. The second-order valence-electron chi connectivity index (χ2n) is 5.16. The molecule has 2 N–H and O–H groups in total. The van der Waals surface area contributed by atoms with Crippen LogP contribution in [-0.2, 0) is 0 Å². The number of nitrogens with zero attached hydrogens (tertiary/aromatic N) is 2. The van der Waals surface area contributed by atoms with E-state index in [-0.39, 0.29) is 0 Å². The van der Waals surface area contributed by atoms with Crippen LogP contribution in [0.4, 0.5) is 0 Å². The Labute approximate surface area is 116 Å². The van der Waals surface area contributed by atoms with Crippen LogP contribution in [0.15, 0.2) is 11.4 Å². The molecule has 0 fully saturated rings.